The van der Waals surface area contributed by atoms with E-state index in [1.54, 1.807) is 45.2 Å². The van der Waals surface area contributed by atoms with Crippen LogP contribution in [0.1, 0.15) is 59.6 Å². The zero-order valence-corrected chi connectivity index (χ0v) is 28.5. The molecule has 2 fully saturated rings. The maximum atomic E-state index is 14.4. The van der Waals surface area contributed by atoms with Crippen molar-refractivity contribution in [3.63, 3.8) is 0 Å². The van der Waals surface area contributed by atoms with Gasteiger partial charge in [0, 0.05) is 12.6 Å². The molecule has 2 aromatic heterocycles. The molecule has 4 bridgehead atoms. The van der Waals surface area contributed by atoms with E-state index in [1.807, 2.05) is 26.0 Å². The Hall–Kier alpha value is -4.89. The molecule has 1 aromatic carbocycles. The van der Waals surface area contributed by atoms with E-state index in [0.717, 1.165) is 5.69 Å². The van der Waals surface area contributed by atoms with Crippen LogP contribution in [-0.4, -0.2) is 96.9 Å². The Morgan fingerprint density at radius 1 is 1.12 bits per heavy atom. The minimum absolute atomic E-state index is 0.0398. The number of halogens is 2. The van der Waals surface area contributed by atoms with Gasteiger partial charge in [-0.1, -0.05) is 46.8 Å². The minimum atomic E-state index is -2.97. The Morgan fingerprint density at radius 3 is 2.46 bits per heavy atom. The van der Waals surface area contributed by atoms with Crippen LogP contribution in [0.5, 0.6) is 5.88 Å². The molecule has 5 atom stereocenters. The molecular formula is C34H41F2N7O7. The number of rotatable bonds is 4. The molecule has 50 heavy (non-hydrogen) atoms. The number of para-hydroxylation sites is 2. The van der Waals surface area contributed by atoms with Gasteiger partial charge in [-0.25, -0.2) is 33.0 Å². The van der Waals surface area contributed by atoms with Crippen molar-refractivity contribution in [2.45, 2.75) is 90.5 Å². The number of amides is 3. The van der Waals surface area contributed by atoms with Crippen molar-refractivity contribution in [2.75, 3.05) is 13.2 Å². The van der Waals surface area contributed by atoms with Gasteiger partial charge >= 0.3 is 12.1 Å². The summed E-state index contributed by atoms with van der Waals surface area (Å²) in [7, 11) is 0. The molecule has 3 aliphatic rings. The standard InChI is InChI=1S/C34H41F2N7O7/c1-32(2,3)24-29(45)42-16-19(14-23(42)27(44)40-34(30(46)47)15-20(34)25(35)36)50-28-26(37-21-8-6-7-9-22(21)38-28)43-13-11-18(41-43)10-12-33(4,5)17-49-31(48)39-24/h6-9,11,13,19-20,23-25H,10,12,14-17H2,1-5H3,(H,39,48)(H,40,44)(H,46,47)/t19-,20+,23+,24-,34+/m1/s1. The van der Waals surface area contributed by atoms with E-state index < -0.39 is 77.2 Å². The van der Waals surface area contributed by atoms with Crippen molar-refractivity contribution in [1.29, 1.82) is 0 Å². The molecule has 0 radical (unpaired) electrons. The summed E-state index contributed by atoms with van der Waals surface area (Å²) in [5, 5.41) is 19.5. The predicted molar refractivity (Wildman–Crippen MR) is 174 cm³/mol. The molecule has 1 saturated carbocycles. The summed E-state index contributed by atoms with van der Waals surface area (Å²) in [6, 6.07) is 6.48. The van der Waals surface area contributed by atoms with Crippen molar-refractivity contribution >= 4 is 34.9 Å². The van der Waals surface area contributed by atoms with Gasteiger partial charge < -0.3 is 30.1 Å². The topological polar surface area (TPSA) is 178 Å². The lowest BCUT2D eigenvalue weighted by molar-refractivity contribution is -0.147. The predicted octanol–water partition coefficient (Wildman–Crippen LogP) is 3.50. The van der Waals surface area contributed by atoms with E-state index in [1.165, 1.54) is 9.58 Å². The van der Waals surface area contributed by atoms with Crippen LogP contribution in [0.25, 0.3) is 16.9 Å². The van der Waals surface area contributed by atoms with E-state index in [-0.39, 0.29) is 31.3 Å². The SMILES string of the molecule is CC1(C)CCc2ccn(n2)-c2nc3ccccc3nc2O[C@@H]2C[C@@H](C(=O)N[C@@]3(C(=O)O)C[C@H]3C(F)F)N(C2)C(=O)[C@H](C(C)(C)C)NC(=O)OC1. The number of carboxylic acids is 1. The van der Waals surface area contributed by atoms with E-state index in [0.29, 0.717) is 23.9 Å². The molecule has 1 saturated heterocycles. The van der Waals surface area contributed by atoms with Crippen LogP contribution in [-0.2, 0) is 25.5 Å². The van der Waals surface area contributed by atoms with E-state index in [2.05, 4.69) is 10.6 Å². The highest BCUT2D eigenvalue weighted by atomic mass is 19.3. The van der Waals surface area contributed by atoms with Gasteiger partial charge in [-0.2, -0.15) is 5.10 Å². The van der Waals surface area contributed by atoms with Gasteiger partial charge in [0.1, 0.15) is 23.7 Å². The number of ether oxygens (including phenoxy) is 2. The molecule has 6 rings (SSSR count). The number of hydrogen-bond donors (Lipinski definition) is 3. The second kappa shape index (κ2) is 12.8. The van der Waals surface area contributed by atoms with Crippen LogP contribution in [0.2, 0.25) is 0 Å². The molecule has 268 valence electrons. The highest BCUT2D eigenvalue weighted by molar-refractivity contribution is 5.96. The maximum absolute atomic E-state index is 14.4. The Labute approximate surface area is 286 Å². The first-order chi connectivity index (χ1) is 23.5. The van der Waals surface area contributed by atoms with Crippen LogP contribution >= 0.6 is 0 Å². The minimum Gasteiger partial charge on any atom is -0.479 e. The Kier molecular flexibility index (Phi) is 8.93. The smallest absolute Gasteiger partial charge is 0.407 e. The van der Waals surface area contributed by atoms with Crippen molar-refractivity contribution < 1.29 is 42.5 Å². The highest BCUT2D eigenvalue weighted by Crippen LogP contribution is 2.48. The number of carbonyl (C=O) groups is 4. The first kappa shape index (κ1) is 35.0. The largest absolute Gasteiger partial charge is 0.479 e. The number of aryl methyl sites for hydroxylation is 1. The third-order valence-electron chi connectivity index (χ3n) is 9.58. The molecule has 1 aliphatic carbocycles. The van der Waals surface area contributed by atoms with Crippen molar-refractivity contribution in [2.24, 2.45) is 16.7 Å². The summed E-state index contributed by atoms with van der Waals surface area (Å²) >= 11 is 0. The lowest BCUT2D eigenvalue weighted by atomic mass is 9.85. The summed E-state index contributed by atoms with van der Waals surface area (Å²) in [6.07, 6.45) is -2.38. The van der Waals surface area contributed by atoms with Crippen molar-refractivity contribution in [3.05, 3.63) is 42.2 Å². The molecule has 3 aromatic rings. The van der Waals surface area contributed by atoms with Gasteiger partial charge in [-0.3, -0.25) is 9.59 Å². The van der Waals surface area contributed by atoms with Crippen LogP contribution in [0.15, 0.2) is 36.5 Å². The zero-order valence-electron chi connectivity index (χ0n) is 28.5. The van der Waals surface area contributed by atoms with Crippen molar-refractivity contribution in [1.82, 2.24) is 35.3 Å². The molecule has 14 nitrogen and oxygen atoms in total. The summed E-state index contributed by atoms with van der Waals surface area (Å²) < 4.78 is 40.8. The van der Waals surface area contributed by atoms with Crippen LogP contribution in [0.4, 0.5) is 13.6 Å². The molecule has 3 amide bonds. The number of alkyl carbamates (subject to hydrolysis) is 1. The monoisotopic (exact) mass is 697 g/mol. The number of nitrogens with one attached hydrogen (secondary N) is 2. The molecular weight excluding hydrogens is 656 g/mol. The number of carbonyl (C=O) groups excluding carboxylic acids is 3. The number of aromatic nitrogens is 4. The Morgan fingerprint density at radius 2 is 1.82 bits per heavy atom. The normalized spacial score (nSPS) is 27.0. The number of fused-ring (bicyclic) bond motifs is 7. The first-order valence-electron chi connectivity index (χ1n) is 16.5. The third-order valence-corrected chi connectivity index (χ3v) is 9.58. The number of hydrogen-bond acceptors (Lipinski definition) is 9. The molecule has 3 N–H and O–H groups in total. The van der Waals surface area contributed by atoms with Crippen LogP contribution in [0, 0.1) is 16.7 Å². The highest BCUT2D eigenvalue weighted by Gasteiger charge is 2.66. The Bertz CT molecular complexity index is 1830. The second-order valence-electron chi connectivity index (χ2n) is 15.2. The number of alkyl halides is 2. The molecule has 0 unspecified atom stereocenters. The van der Waals surface area contributed by atoms with Gasteiger partial charge in [0.25, 0.3) is 5.88 Å². The number of cyclic esters (lactones) is 1. The van der Waals surface area contributed by atoms with Crippen LogP contribution < -0.4 is 15.4 Å². The average Bonchev–Trinajstić information content (AvgIpc) is 3.36. The summed E-state index contributed by atoms with van der Waals surface area (Å²) in [5.41, 5.74) is -1.66. The fraction of sp³-hybridized carbons (Fsp3) is 0.559. The van der Waals surface area contributed by atoms with Gasteiger partial charge in [0.15, 0.2) is 0 Å². The summed E-state index contributed by atoms with van der Waals surface area (Å²) in [5.74, 6) is -4.41. The quantitative estimate of drug-likeness (QED) is 0.366. The number of aliphatic carboxylic acids is 1. The van der Waals surface area contributed by atoms with E-state index in [4.69, 9.17) is 24.5 Å². The fourth-order valence-electron chi connectivity index (χ4n) is 6.46. The molecule has 4 heterocycles. The first-order valence-corrected chi connectivity index (χ1v) is 16.5. The van der Waals surface area contributed by atoms with Gasteiger partial charge in [-0.15, -0.1) is 0 Å². The van der Waals surface area contributed by atoms with E-state index >= 15 is 0 Å². The number of benzene rings is 1. The van der Waals surface area contributed by atoms with Crippen LogP contribution in [0.3, 0.4) is 0 Å². The second-order valence-corrected chi connectivity index (χ2v) is 15.2. The maximum Gasteiger partial charge on any atom is 0.407 e. The van der Waals surface area contributed by atoms with E-state index in [9.17, 15) is 33.1 Å². The zero-order chi connectivity index (χ0) is 36.2. The molecule has 16 heteroatoms. The van der Waals surface area contributed by atoms with Gasteiger partial charge in [0.05, 0.1) is 35.8 Å². The van der Waals surface area contributed by atoms with Crippen molar-refractivity contribution in [3.8, 4) is 11.7 Å². The lowest BCUT2D eigenvalue weighted by Crippen LogP contribution is -2.59. The summed E-state index contributed by atoms with van der Waals surface area (Å²) in [6.45, 7) is 8.95. The van der Waals surface area contributed by atoms with Gasteiger partial charge in [-0.05, 0) is 48.3 Å². The average molecular weight is 698 g/mol. The third kappa shape index (κ3) is 6.92. The number of nitrogens with zero attached hydrogens (tertiary/aromatic N) is 5. The van der Waals surface area contributed by atoms with Gasteiger partial charge in [0.2, 0.25) is 24.1 Å². The molecule has 0 spiro atoms. The Balaban J connectivity index is 1.41. The number of carboxylic acid groups (broad SMARTS) is 1. The fourth-order valence-corrected chi connectivity index (χ4v) is 6.46. The lowest BCUT2D eigenvalue weighted by Gasteiger charge is -2.35. The summed E-state index contributed by atoms with van der Waals surface area (Å²) in [4.78, 5) is 64.1. The molecule has 2 aliphatic heterocycles.